The summed E-state index contributed by atoms with van der Waals surface area (Å²) in [4.78, 5) is 11.0. The summed E-state index contributed by atoms with van der Waals surface area (Å²) in [5.41, 5.74) is 1.94. The lowest BCUT2D eigenvalue weighted by molar-refractivity contribution is -0.112. The number of hydrogen-bond donors (Lipinski definition) is 1. The van der Waals surface area contributed by atoms with Gasteiger partial charge in [0.25, 0.3) is 0 Å². The summed E-state index contributed by atoms with van der Waals surface area (Å²) in [6.45, 7) is 4.38. The number of carbonyl (C=O) groups is 1. The Hall–Kier alpha value is -1.57. The molecule has 1 N–H and O–H groups in total. The van der Waals surface area contributed by atoms with E-state index in [2.05, 4.69) is 5.32 Å². The van der Waals surface area contributed by atoms with Gasteiger partial charge < -0.3 is 5.32 Å². The Labute approximate surface area is 84.6 Å². The molecule has 2 nitrogen and oxygen atoms in total. The van der Waals surface area contributed by atoms with Crippen molar-refractivity contribution in [3.8, 4) is 0 Å². The lowest BCUT2D eigenvalue weighted by Crippen LogP contribution is -2.12. The average molecular weight is 189 g/mol. The topological polar surface area (TPSA) is 29.1 Å². The van der Waals surface area contributed by atoms with E-state index >= 15 is 0 Å². The van der Waals surface area contributed by atoms with Crippen LogP contribution in [0.15, 0.2) is 36.4 Å². The van der Waals surface area contributed by atoms with Crippen molar-refractivity contribution in [3.63, 3.8) is 0 Å². The molecule has 0 radical (unpaired) electrons. The monoisotopic (exact) mass is 189 g/mol. The highest BCUT2D eigenvalue weighted by Gasteiger charge is 1.99. The molecule has 0 aromatic heterocycles. The predicted molar refractivity (Wildman–Crippen MR) is 58.8 cm³/mol. The summed E-state index contributed by atoms with van der Waals surface area (Å²) in [7, 11) is 0. The van der Waals surface area contributed by atoms with Gasteiger partial charge in [-0.1, -0.05) is 30.3 Å². The van der Waals surface area contributed by atoms with E-state index in [0.717, 1.165) is 17.8 Å². The third-order valence-electron chi connectivity index (χ3n) is 1.80. The maximum atomic E-state index is 11.0. The first-order valence-electron chi connectivity index (χ1n) is 4.75. The molecule has 0 bridgehead atoms. The zero-order chi connectivity index (χ0) is 10.4. The molecule has 0 saturated heterocycles. The highest BCUT2D eigenvalue weighted by Crippen LogP contribution is 2.10. The van der Waals surface area contributed by atoms with E-state index in [1.807, 2.05) is 37.3 Å². The van der Waals surface area contributed by atoms with Crippen molar-refractivity contribution in [2.75, 3.05) is 6.54 Å². The van der Waals surface area contributed by atoms with Gasteiger partial charge in [-0.2, -0.15) is 0 Å². The van der Waals surface area contributed by atoms with E-state index in [9.17, 15) is 4.79 Å². The standard InChI is InChI=1S/C12H15NO/c1-3-13-12(9-10(2)14)11-7-5-4-6-8-11/h4-9,13H,3H2,1-2H3. The third kappa shape index (κ3) is 3.05. The van der Waals surface area contributed by atoms with Crippen molar-refractivity contribution >= 4 is 11.5 Å². The molecule has 0 heterocycles. The third-order valence-corrected chi connectivity index (χ3v) is 1.80. The lowest BCUT2D eigenvalue weighted by atomic mass is 10.1. The Balaban J connectivity index is 2.94. The van der Waals surface area contributed by atoms with Crippen molar-refractivity contribution in [1.82, 2.24) is 5.32 Å². The van der Waals surface area contributed by atoms with E-state index in [4.69, 9.17) is 0 Å². The number of hydrogen-bond acceptors (Lipinski definition) is 2. The second-order valence-electron chi connectivity index (χ2n) is 3.07. The number of nitrogens with one attached hydrogen (secondary N) is 1. The minimum absolute atomic E-state index is 0.0600. The summed E-state index contributed by atoms with van der Waals surface area (Å²) in [6.07, 6.45) is 1.62. The van der Waals surface area contributed by atoms with E-state index in [-0.39, 0.29) is 5.78 Å². The molecule has 74 valence electrons. The highest BCUT2D eigenvalue weighted by molar-refractivity contribution is 5.94. The van der Waals surface area contributed by atoms with E-state index in [0.29, 0.717) is 0 Å². The van der Waals surface area contributed by atoms with Gasteiger partial charge >= 0.3 is 0 Å². The summed E-state index contributed by atoms with van der Waals surface area (Å²) >= 11 is 0. The quantitative estimate of drug-likeness (QED) is 0.736. The zero-order valence-corrected chi connectivity index (χ0v) is 8.58. The number of benzene rings is 1. The van der Waals surface area contributed by atoms with Crippen molar-refractivity contribution in [2.24, 2.45) is 0 Å². The Kier molecular flexibility index (Phi) is 3.92. The van der Waals surface area contributed by atoms with Crippen LogP contribution in [0.3, 0.4) is 0 Å². The fraction of sp³-hybridized carbons (Fsp3) is 0.250. The molecule has 0 aliphatic rings. The summed E-state index contributed by atoms with van der Waals surface area (Å²) in [5.74, 6) is 0.0600. The van der Waals surface area contributed by atoms with Crippen LogP contribution >= 0.6 is 0 Å². The predicted octanol–water partition coefficient (Wildman–Crippen LogP) is 2.23. The van der Waals surface area contributed by atoms with Crippen molar-refractivity contribution in [3.05, 3.63) is 42.0 Å². The smallest absolute Gasteiger partial charge is 0.154 e. The van der Waals surface area contributed by atoms with Gasteiger partial charge in [0, 0.05) is 18.3 Å². The second kappa shape index (κ2) is 5.22. The van der Waals surface area contributed by atoms with Gasteiger partial charge in [-0.3, -0.25) is 4.79 Å². The Morgan fingerprint density at radius 2 is 2.00 bits per heavy atom. The van der Waals surface area contributed by atoms with Gasteiger partial charge in [-0.25, -0.2) is 0 Å². The molecule has 1 rings (SSSR count). The molecule has 0 aliphatic carbocycles. The maximum Gasteiger partial charge on any atom is 0.154 e. The SMILES string of the molecule is CCNC(=CC(C)=O)c1ccccc1. The Morgan fingerprint density at radius 1 is 1.36 bits per heavy atom. The molecule has 0 aliphatic heterocycles. The molecule has 1 aromatic carbocycles. The zero-order valence-electron chi connectivity index (χ0n) is 8.58. The minimum Gasteiger partial charge on any atom is -0.385 e. The highest BCUT2D eigenvalue weighted by atomic mass is 16.1. The number of rotatable bonds is 4. The normalized spacial score (nSPS) is 11.1. The maximum absolute atomic E-state index is 11.0. The molecule has 0 unspecified atom stereocenters. The number of allylic oxidation sites excluding steroid dienone is 1. The molecule has 0 spiro atoms. The van der Waals surface area contributed by atoms with Crippen LogP contribution in [0.1, 0.15) is 19.4 Å². The van der Waals surface area contributed by atoms with Crippen LogP contribution in [-0.4, -0.2) is 12.3 Å². The van der Waals surface area contributed by atoms with Crippen molar-refractivity contribution < 1.29 is 4.79 Å². The van der Waals surface area contributed by atoms with Gasteiger partial charge in [0.2, 0.25) is 0 Å². The van der Waals surface area contributed by atoms with Crippen LogP contribution in [0.25, 0.3) is 5.70 Å². The van der Waals surface area contributed by atoms with Crippen LogP contribution in [-0.2, 0) is 4.79 Å². The van der Waals surface area contributed by atoms with Crippen LogP contribution in [0.5, 0.6) is 0 Å². The van der Waals surface area contributed by atoms with E-state index in [1.165, 1.54) is 0 Å². The largest absolute Gasteiger partial charge is 0.385 e. The average Bonchev–Trinajstić information content (AvgIpc) is 2.18. The van der Waals surface area contributed by atoms with Gasteiger partial charge in [-0.05, 0) is 19.4 Å². The Morgan fingerprint density at radius 3 is 2.50 bits per heavy atom. The van der Waals surface area contributed by atoms with E-state index < -0.39 is 0 Å². The molecule has 0 saturated carbocycles. The van der Waals surface area contributed by atoms with Gasteiger partial charge in [0.1, 0.15) is 0 Å². The fourth-order valence-electron chi connectivity index (χ4n) is 1.25. The van der Waals surface area contributed by atoms with Crippen LogP contribution in [0.2, 0.25) is 0 Å². The van der Waals surface area contributed by atoms with Gasteiger partial charge in [0.05, 0.1) is 0 Å². The van der Waals surface area contributed by atoms with Crippen LogP contribution in [0.4, 0.5) is 0 Å². The van der Waals surface area contributed by atoms with Crippen molar-refractivity contribution in [1.29, 1.82) is 0 Å². The Bertz CT molecular complexity index is 327. The summed E-state index contributed by atoms with van der Waals surface area (Å²) < 4.78 is 0. The van der Waals surface area contributed by atoms with Crippen LogP contribution in [0, 0.1) is 0 Å². The molecule has 2 heteroatoms. The molecular formula is C12H15NO. The first kappa shape index (κ1) is 10.5. The first-order chi connectivity index (χ1) is 6.74. The number of ketones is 1. The lowest BCUT2D eigenvalue weighted by Gasteiger charge is -2.08. The molecule has 0 amide bonds. The summed E-state index contributed by atoms with van der Waals surface area (Å²) in [5, 5.41) is 3.17. The fourth-order valence-corrected chi connectivity index (χ4v) is 1.25. The van der Waals surface area contributed by atoms with Crippen molar-refractivity contribution in [2.45, 2.75) is 13.8 Å². The first-order valence-corrected chi connectivity index (χ1v) is 4.75. The molecule has 0 atom stereocenters. The van der Waals surface area contributed by atoms with Gasteiger partial charge in [-0.15, -0.1) is 0 Å². The number of carbonyl (C=O) groups excluding carboxylic acids is 1. The van der Waals surface area contributed by atoms with Crippen LogP contribution < -0.4 is 5.32 Å². The second-order valence-corrected chi connectivity index (χ2v) is 3.07. The van der Waals surface area contributed by atoms with Gasteiger partial charge in [0.15, 0.2) is 5.78 Å². The molecule has 1 aromatic rings. The van der Waals surface area contributed by atoms with E-state index in [1.54, 1.807) is 13.0 Å². The summed E-state index contributed by atoms with van der Waals surface area (Å²) in [6, 6.07) is 9.84. The molecule has 0 fully saturated rings. The molecule has 14 heavy (non-hydrogen) atoms. The minimum atomic E-state index is 0.0600. The molecular weight excluding hydrogens is 174 g/mol.